The van der Waals surface area contributed by atoms with E-state index >= 15 is 0 Å². The van der Waals surface area contributed by atoms with Gasteiger partial charge >= 0.3 is 12.1 Å². The number of benzene rings is 2. The van der Waals surface area contributed by atoms with E-state index in [9.17, 15) is 9.59 Å². The van der Waals surface area contributed by atoms with Crippen molar-refractivity contribution < 1.29 is 24.2 Å². The molecular weight excluding hydrogens is 400 g/mol. The third kappa shape index (κ3) is 6.90. The Morgan fingerprint density at radius 2 is 1.87 bits per heavy atom. The van der Waals surface area contributed by atoms with Gasteiger partial charge in [-0.1, -0.05) is 19.1 Å². The number of ether oxygens (including phenoxy) is 2. The van der Waals surface area contributed by atoms with Crippen molar-refractivity contribution >= 4 is 23.5 Å². The standard InChI is InChI=1S/C22H26N4O5/c1-4-19(13-27)31-22(29)24-14(2)15-6-5-7-17(10-15)25-21(28)26-18-9-8-16(12-23)20(11-18)30-3/h5-11,14,19,27H,4,13H2,1-3H3,(H,24,29)(H2,25,26,28)/t14-,19+/m0/s1. The Morgan fingerprint density at radius 3 is 2.48 bits per heavy atom. The highest BCUT2D eigenvalue weighted by atomic mass is 16.6. The molecule has 0 fully saturated rings. The lowest BCUT2D eigenvalue weighted by molar-refractivity contribution is 0.0539. The van der Waals surface area contributed by atoms with E-state index in [4.69, 9.17) is 19.8 Å². The summed E-state index contributed by atoms with van der Waals surface area (Å²) in [5.41, 5.74) is 2.12. The van der Waals surface area contributed by atoms with Crippen molar-refractivity contribution in [1.29, 1.82) is 5.26 Å². The fraction of sp³-hybridized carbons (Fsp3) is 0.318. The average Bonchev–Trinajstić information content (AvgIpc) is 2.77. The third-order valence-electron chi connectivity index (χ3n) is 4.49. The lowest BCUT2D eigenvalue weighted by atomic mass is 10.1. The molecule has 0 aromatic heterocycles. The number of amides is 3. The second kappa shape index (κ2) is 11.4. The van der Waals surface area contributed by atoms with Crippen molar-refractivity contribution in [2.75, 3.05) is 24.4 Å². The zero-order chi connectivity index (χ0) is 22.8. The Hall–Kier alpha value is -3.77. The number of nitrogens with one attached hydrogen (secondary N) is 3. The van der Waals surface area contributed by atoms with Gasteiger partial charge in [-0.05, 0) is 43.2 Å². The van der Waals surface area contributed by atoms with Gasteiger partial charge in [0.2, 0.25) is 0 Å². The summed E-state index contributed by atoms with van der Waals surface area (Å²) in [4.78, 5) is 24.3. The Labute approximate surface area is 181 Å². The van der Waals surface area contributed by atoms with Crippen LogP contribution in [-0.2, 0) is 4.74 Å². The van der Waals surface area contributed by atoms with Gasteiger partial charge in [-0.2, -0.15) is 5.26 Å². The van der Waals surface area contributed by atoms with E-state index in [1.165, 1.54) is 7.11 Å². The van der Waals surface area contributed by atoms with Crippen LogP contribution < -0.4 is 20.7 Å². The van der Waals surface area contributed by atoms with Gasteiger partial charge in [0.15, 0.2) is 0 Å². The van der Waals surface area contributed by atoms with E-state index in [1.807, 2.05) is 19.1 Å². The van der Waals surface area contributed by atoms with Gasteiger partial charge in [-0.25, -0.2) is 9.59 Å². The maximum atomic E-state index is 12.3. The number of alkyl carbamates (subject to hydrolysis) is 1. The molecule has 0 saturated carbocycles. The molecule has 0 heterocycles. The first-order valence-electron chi connectivity index (χ1n) is 9.74. The summed E-state index contributed by atoms with van der Waals surface area (Å²) in [6.45, 7) is 3.35. The summed E-state index contributed by atoms with van der Waals surface area (Å²) < 4.78 is 10.3. The van der Waals surface area contributed by atoms with Crippen LogP contribution in [-0.4, -0.2) is 37.1 Å². The predicted molar refractivity (Wildman–Crippen MR) is 116 cm³/mol. The van der Waals surface area contributed by atoms with E-state index in [0.29, 0.717) is 29.1 Å². The highest BCUT2D eigenvalue weighted by Crippen LogP contribution is 2.23. The summed E-state index contributed by atoms with van der Waals surface area (Å²) in [5.74, 6) is 0.362. The Morgan fingerprint density at radius 1 is 1.16 bits per heavy atom. The monoisotopic (exact) mass is 426 g/mol. The van der Waals surface area contributed by atoms with Crippen LogP contribution in [0.4, 0.5) is 21.0 Å². The van der Waals surface area contributed by atoms with Gasteiger partial charge in [-0.15, -0.1) is 0 Å². The lowest BCUT2D eigenvalue weighted by Crippen LogP contribution is -2.32. The van der Waals surface area contributed by atoms with Crippen LogP contribution in [0.15, 0.2) is 42.5 Å². The summed E-state index contributed by atoms with van der Waals surface area (Å²) in [6.07, 6.45) is -0.665. The molecule has 0 unspecified atom stereocenters. The number of nitrogens with zero attached hydrogens (tertiary/aromatic N) is 1. The number of carbonyl (C=O) groups excluding carboxylic acids is 2. The number of hydrogen-bond acceptors (Lipinski definition) is 6. The molecule has 2 atom stereocenters. The molecule has 3 amide bonds. The molecule has 9 nitrogen and oxygen atoms in total. The summed E-state index contributed by atoms with van der Waals surface area (Å²) in [6, 6.07) is 12.9. The average molecular weight is 426 g/mol. The number of methoxy groups -OCH3 is 1. The molecule has 0 aliphatic rings. The van der Waals surface area contributed by atoms with Crippen LogP contribution in [0.1, 0.15) is 37.4 Å². The summed E-state index contributed by atoms with van der Waals surface area (Å²) in [7, 11) is 1.45. The predicted octanol–water partition coefficient (Wildman–Crippen LogP) is 3.77. The number of hydrogen-bond donors (Lipinski definition) is 4. The smallest absolute Gasteiger partial charge is 0.407 e. The van der Waals surface area contributed by atoms with Gasteiger partial charge in [0.1, 0.15) is 17.9 Å². The molecule has 2 aromatic carbocycles. The minimum absolute atomic E-state index is 0.238. The molecule has 0 aliphatic heterocycles. The number of aliphatic hydroxyl groups excluding tert-OH is 1. The van der Waals surface area contributed by atoms with E-state index in [1.54, 1.807) is 43.3 Å². The van der Waals surface area contributed by atoms with Crippen molar-refractivity contribution in [3.05, 3.63) is 53.6 Å². The van der Waals surface area contributed by atoms with E-state index < -0.39 is 18.2 Å². The Balaban J connectivity index is 1.99. The Bertz CT molecular complexity index is 953. The second-order valence-corrected chi connectivity index (χ2v) is 6.72. The van der Waals surface area contributed by atoms with Gasteiger partial charge < -0.3 is 30.5 Å². The van der Waals surface area contributed by atoms with Crippen molar-refractivity contribution in [1.82, 2.24) is 5.32 Å². The second-order valence-electron chi connectivity index (χ2n) is 6.72. The zero-order valence-corrected chi connectivity index (χ0v) is 17.6. The van der Waals surface area contributed by atoms with Crippen molar-refractivity contribution in [2.24, 2.45) is 0 Å². The van der Waals surface area contributed by atoms with Gasteiger partial charge in [0.25, 0.3) is 0 Å². The minimum atomic E-state index is -0.626. The molecule has 0 saturated heterocycles. The SMILES string of the molecule is CC[C@H](CO)OC(=O)N[C@@H](C)c1cccc(NC(=O)Nc2ccc(C#N)c(OC)c2)c1. The molecule has 164 valence electrons. The Kier molecular flexibility index (Phi) is 8.66. The van der Waals surface area contributed by atoms with Crippen molar-refractivity contribution in [3.8, 4) is 11.8 Å². The molecule has 4 N–H and O–H groups in total. The highest BCUT2D eigenvalue weighted by Gasteiger charge is 2.15. The number of nitriles is 1. The molecule has 2 rings (SSSR count). The van der Waals surface area contributed by atoms with Gasteiger partial charge in [-0.3, -0.25) is 0 Å². The summed E-state index contributed by atoms with van der Waals surface area (Å²) in [5, 5.41) is 26.3. The minimum Gasteiger partial charge on any atom is -0.495 e. The number of aliphatic hydroxyl groups is 1. The summed E-state index contributed by atoms with van der Waals surface area (Å²) >= 11 is 0. The number of rotatable bonds is 8. The number of anilines is 2. The molecular formula is C22H26N4O5. The fourth-order valence-electron chi connectivity index (χ4n) is 2.74. The number of carbonyl (C=O) groups is 2. The number of urea groups is 1. The van der Waals surface area contributed by atoms with E-state index in [0.717, 1.165) is 5.56 Å². The lowest BCUT2D eigenvalue weighted by Gasteiger charge is -2.18. The van der Waals surface area contributed by atoms with Crippen LogP contribution in [0.2, 0.25) is 0 Å². The molecule has 0 aliphatic carbocycles. The van der Waals surface area contributed by atoms with Gasteiger partial charge in [0.05, 0.1) is 25.3 Å². The maximum Gasteiger partial charge on any atom is 0.407 e. The molecule has 2 aromatic rings. The normalized spacial score (nSPS) is 12.1. The third-order valence-corrected chi connectivity index (χ3v) is 4.49. The first-order valence-corrected chi connectivity index (χ1v) is 9.74. The van der Waals surface area contributed by atoms with Gasteiger partial charge in [0, 0.05) is 17.4 Å². The van der Waals surface area contributed by atoms with Crippen molar-refractivity contribution in [3.63, 3.8) is 0 Å². The zero-order valence-electron chi connectivity index (χ0n) is 17.6. The van der Waals surface area contributed by atoms with E-state index in [-0.39, 0.29) is 12.6 Å². The quantitative estimate of drug-likeness (QED) is 0.508. The van der Waals surface area contributed by atoms with Crippen LogP contribution in [0.25, 0.3) is 0 Å². The molecule has 0 bridgehead atoms. The van der Waals surface area contributed by atoms with Crippen LogP contribution in [0.3, 0.4) is 0 Å². The molecule has 0 radical (unpaired) electrons. The topological polar surface area (TPSA) is 133 Å². The molecule has 9 heteroatoms. The molecule has 0 spiro atoms. The first-order chi connectivity index (χ1) is 14.9. The molecule has 31 heavy (non-hydrogen) atoms. The maximum absolute atomic E-state index is 12.3. The van der Waals surface area contributed by atoms with Crippen LogP contribution in [0, 0.1) is 11.3 Å². The first kappa shape index (κ1) is 23.5. The van der Waals surface area contributed by atoms with Crippen LogP contribution in [0.5, 0.6) is 5.75 Å². The van der Waals surface area contributed by atoms with E-state index in [2.05, 4.69) is 16.0 Å². The fourth-order valence-corrected chi connectivity index (χ4v) is 2.74. The van der Waals surface area contributed by atoms with Crippen LogP contribution >= 0.6 is 0 Å². The van der Waals surface area contributed by atoms with Crippen molar-refractivity contribution in [2.45, 2.75) is 32.4 Å². The highest BCUT2D eigenvalue weighted by molar-refractivity contribution is 6.00. The largest absolute Gasteiger partial charge is 0.495 e.